The lowest BCUT2D eigenvalue weighted by molar-refractivity contribution is -0.933. The van der Waals surface area contributed by atoms with E-state index >= 15 is 0 Å². The standard InChI is InChI=1S/C44H63ClN10O7/c45-41-43(47)50-42(46)40(49-41)44(60)48-35-6-3-27-55(30-35,25-1-4-33-7-11-36(12-8-33)61-31-38(58)53-19-15-51(16-20-53)23-28-56)26-2-5-34-9-13-37(14-10-34)62-32-39(59)54-21-17-52(18-22-54)24-29-57/h7-14,35,56-57H,1-6,15-32H2,(H4-,46,47,48,50,60)/p+1. The molecule has 3 aliphatic heterocycles. The van der Waals surface area contributed by atoms with E-state index in [2.05, 4.69) is 49.4 Å². The fourth-order valence-corrected chi connectivity index (χ4v) is 8.89. The van der Waals surface area contributed by atoms with Crippen molar-refractivity contribution in [3.05, 3.63) is 70.5 Å². The van der Waals surface area contributed by atoms with E-state index in [-0.39, 0.29) is 66.8 Å². The molecule has 3 saturated heterocycles. The normalized spacial score (nSPS) is 18.3. The van der Waals surface area contributed by atoms with E-state index in [1.807, 2.05) is 34.1 Å². The van der Waals surface area contributed by atoms with Crippen LogP contribution in [-0.2, 0) is 22.4 Å². The molecule has 17 nitrogen and oxygen atoms in total. The van der Waals surface area contributed by atoms with Crippen molar-refractivity contribution in [1.82, 2.24) is 34.9 Å². The van der Waals surface area contributed by atoms with Gasteiger partial charge in [0, 0.05) is 78.3 Å². The molecule has 1 atom stereocenters. The van der Waals surface area contributed by atoms with Gasteiger partial charge in [-0.2, -0.15) is 0 Å². The van der Waals surface area contributed by atoms with Crippen LogP contribution in [0.15, 0.2) is 48.5 Å². The van der Waals surface area contributed by atoms with Gasteiger partial charge in [0.05, 0.1) is 45.4 Å². The van der Waals surface area contributed by atoms with Gasteiger partial charge in [0.2, 0.25) is 0 Å². The number of nitrogens with two attached hydrogens (primary N) is 2. The van der Waals surface area contributed by atoms with E-state index in [4.69, 9.17) is 32.5 Å². The molecule has 338 valence electrons. The minimum atomic E-state index is -0.420. The Kier molecular flexibility index (Phi) is 17.4. The molecule has 7 N–H and O–H groups in total. The van der Waals surface area contributed by atoms with Gasteiger partial charge in [0.15, 0.2) is 35.7 Å². The summed E-state index contributed by atoms with van der Waals surface area (Å²) < 4.78 is 12.6. The monoisotopic (exact) mass is 879 g/mol. The van der Waals surface area contributed by atoms with Crippen molar-refractivity contribution < 1.29 is 38.6 Å². The number of aliphatic hydroxyl groups excluding tert-OH is 2. The molecule has 3 aromatic rings. The zero-order valence-corrected chi connectivity index (χ0v) is 36.5. The first kappa shape index (κ1) is 46.7. The Morgan fingerprint density at radius 1 is 0.726 bits per heavy atom. The lowest BCUT2D eigenvalue weighted by atomic mass is 9.99. The van der Waals surface area contributed by atoms with Crippen LogP contribution in [0.1, 0.15) is 47.3 Å². The number of nitrogens with zero attached hydrogens (tertiary/aromatic N) is 7. The largest absolute Gasteiger partial charge is 0.484 e. The number of anilines is 2. The van der Waals surface area contributed by atoms with Crippen LogP contribution < -0.4 is 26.3 Å². The predicted molar refractivity (Wildman–Crippen MR) is 237 cm³/mol. The van der Waals surface area contributed by atoms with Gasteiger partial charge in [-0.3, -0.25) is 24.2 Å². The van der Waals surface area contributed by atoms with Gasteiger partial charge < -0.3 is 50.8 Å². The number of hydrogen-bond donors (Lipinski definition) is 5. The molecule has 62 heavy (non-hydrogen) atoms. The quantitative estimate of drug-likeness (QED) is 0.102. The third kappa shape index (κ3) is 13.6. The number of quaternary nitrogens is 1. The first-order valence-corrected chi connectivity index (χ1v) is 22.3. The van der Waals surface area contributed by atoms with E-state index in [0.717, 1.165) is 95.4 Å². The lowest BCUT2D eigenvalue weighted by Crippen LogP contribution is -2.60. The zero-order chi connectivity index (χ0) is 43.9. The summed E-state index contributed by atoms with van der Waals surface area (Å²) in [6.07, 6.45) is 5.40. The second-order valence-electron chi connectivity index (χ2n) is 16.6. The van der Waals surface area contributed by atoms with Gasteiger partial charge in [-0.1, -0.05) is 35.9 Å². The smallest absolute Gasteiger partial charge is 0.274 e. The van der Waals surface area contributed by atoms with Crippen LogP contribution in [0.3, 0.4) is 0 Å². The fourth-order valence-electron chi connectivity index (χ4n) is 8.76. The molecule has 3 fully saturated rings. The highest BCUT2D eigenvalue weighted by molar-refractivity contribution is 6.31. The fraction of sp³-hybridized carbons (Fsp3) is 0.568. The number of nitrogen functional groups attached to an aromatic ring is 2. The maximum Gasteiger partial charge on any atom is 0.274 e. The Hall–Kier alpha value is -4.78. The number of rotatable bonds is 20. The highest BCUT2D eigenvalue weighted by Gasteiger charge is 2.36. The van der Waals surface area contributed by atoms with Crippen molar-refractivity contribution in [1.29, 1.82) is 0 Å². The molecule has 0 aliphatic carbocycles. The topological polar surface area (TPSA) is 213 Å². The van der Waals surface area contributed by atoms with Crippen molar-refractivity contribution in [3.8, 4) is 11.5 Å². The summed E-state index contributed by atoms with van der Waals surface area (Å²) in [5, 5.41) is 21.5. The summed E-state index contributed by atoms with van der Waals surface area (Å²) in [6.45, 7) is 10.6. The number of carbonyl (C=O) groups is 3. The number of nitrogens with one attached hydrogen (secondary N) is 1. The molecular formula is C44H64ClN10O7+. The number of aromatic nitrogens is 2. The average Bonchev–Trinajstić information content (AvgIpc) is 3.27. The van der Waals surface area contributed by atoms with Crippen molar-refractivity contribution in [2.45, 2.75) is 44.6 Å². The SMILES string of the molecule is Nc1nc(N)c(C(=O)NC2CCC[N+](CCCc3ccc(OCC(=O)N4CCN(CCO)CC4)cc3)(CCCc3ccc(OCC(=O)N4CCN(CCO)CC4)cc3)C2)nc1Cl. The Morgan fingerprint density at radius 3 is 1.68 bits per heavy atom. The third-order valence-corrected chi connectivity index (χ3v) is 12.6. The summed E-state index contributed by atoms with van der Waals surface area (Å²) in [5.41, 5.74) is 14.1. The number of aryl methyl sites for hydroxylation is 2. The molecule has 1 aromatic heterocycles. The summed E-state index contributed by atoms with van der Waals surface area (Å²) in [7, 11) is 0. The molecule has 18 heteroatoms. The highest BCUT2D eigenvalue weighted by atomic mass is 35.5. The second kappa shape index (κ2) is 23.1. The summed E-state index contributed by atoms with van der Waals surface area (Å²) in [4.78, 5) is 54.9. The average molecular weight is 881 g/mol. The predicted octanol–water partition coefficient (Wildman–Crippen LogP) is 1.30. The molecule has 1 unspecified atom stereocenters. The second-order valence-corrected chi connectivity index (χ2v) is 17.0. The van der Waals surface area contributed by atoms with Gasteiger partial charge in [0.1, 0.15) is 11.5 Å². The van der Waals surface area contributed by atoms with Crippen LogP contribution in [0, 0.1) is 0 Å². The van der Waals surface area contributed by atoms with Crippen LogP contribution in [0.2, 0.25) is 5.15 Å². The molecule has 4 heterocycles. The van der Waals surface area contributed by atoms with Crippen LogP contribution in [0.25, 0.3) is 0 Å². The Bertz CT molecular complexity index is 1820. The van der Waals surface area contributed by atoms with Crippen LogP contribution in [0.4, 0.5) is 11.6 Å². The van der Waals surface area contributed by atoms with E-state index in [1.54, 1.807) is 0 Å². The number of piperazine rings is 2. The molecule has 0 bridgehead atoms. The van der Waals surface area contributed by atoms with Crippen molar-refractivity contribution in [3.63, 3.8) is 0 Å². The van der Waals surface area contributed by atoms with Gasteiger partial charge in [-0.15, -0.1) is 0 Å². The van der Waals surface area contributed by atoms with Gasteiger partial charge in [-0.05, 0) is 61.1 Å². The molecule has 0 saturated carbocycles. The number of carbonyl (C=O) groups excluding carboxylic acids is 3. The Morgan fingerprint density at radius 2 is 1.21 bits per heavy atom. The van der Waals surface area contributed by atoms with E-state index in [1.165, 1.54) is 11.1 Å². The van der Waals surface area contributed by atoms with Gasteiger partial charge in [0.25, 0.3) is 17.7 Å². The molecule has 0 radical (unpaired) electrons. The molecule has 3 amide bonds. The van der Waals surface area contributed by atoms with E-state index < -0.39 is 5.91 Å². The highest BCUT2D eigenvalue weighted by Crippen LogP contribution is 2.25. The number of piperidine rings is 1. The lowest BCUT2D eigenvalue weighted by Gasteiger charge is -2.45. The Labute approximate surface area is 369 Å². The molecule has 2 aromatic carbocycles. The number of benzene rings is 2. The molecule has 3 aliphatic rings. The van der Waals surface area contributed by atoms with Crippen molar-refractivity contribution in [2.75, 3.05) is 130 Å². The minimum Gasteiger partial charge on any atom is -0.484 e. The molecule has 6 rings (SSSR count). The maximum absolute atomic E-state index is 13.4. The van der Waals surface area contributed by atoms with E-state index in [0.29, 0.717) is 50.8 Å². The number of ether oxygens (including phenoxy) is 2. The number of likely N-dealkylation sites (tertiary alicyclic amines) is 1. The minimum absolute atomic E-state index is 0.00766. The maximum atomic E-state index is 13.4. The number of halogens is 1. The molecular weight excluding hydrogens is 816 g/mol. The molecule has 0 spiro atoms. The third-order valence-electron chi connectivity index (χ3n) is 12.3. The van der Waals surface area contributed by atoms with Crippen molar-refractivity contribution in [2.24, 2.45) is 0 Å². The van der Waals surface area contributed by atoms with Gasteiger partial charge >= 0.3 is 0 Å². The van der Waals surface area contributed by atoms with E-state index in [9.17, 15) is 24.6 Å². The van der Waals surface area contributed by atoms with Crippen LogP contribution >= 0.6 is 11.6 Å². The van der Waals surface area contributed by atoms with Crippen LogP contribution in [0.5, 0.6) is 11.5 Å². The number of amides is 3. The Balaban J connectivity index is 1.01. The first-order chi connectivity index (χ1) is 30.0. The summed E-state index contributed by atoms with van der Waals surface area (Å²) in [6, 6.07) is 15.8. The van der Waals surface area contributed by atoms with Crippen LogP contribution in [-0.4, -0.2) is 186 Å². The summed E-state index contributed by atoms with van der Waals surface area (Å²) >= 11 is 6.09. The zero-order valence-electron chi connectivity index (χ0n) is 35.8. The van der Waals surface area contributed by atoms with Gasteiger partial charge in [-0.25, -0.2) is 9.97 Å². The first-order valence-electron chi connectivity index (χ1n) is 21.9. The number of β-amino-alcohol motifs (C(OH)–C–C–N with tert-alkyl or cyclic N) is 2. The number of aliphatic hydroxyl groups is 2. The number of hydrogen-bond acceptors (Lipinski definition) is 13. The van der Waals surface area contributed by atoms with Crippen molar-refractivity contribution >= 4 is 41.0 Å². The summed E-state index contributed by atoms with van der Waals surface area (Å²) in [5.74, 6) is 0.739.